The molecule has 0 N–H and O–H groups in total. The van der Waals surface area contributed by atoms with Gasteiger partial charge in [0, 0.05) is 6.07 Å². The lowest BCUT2D eigenvalue weighted by Crippen LogP contribution is -2.15. The second-order valence-corrected chi connectivity index (χ2v) is 5.45. The van der Waals surface area contributed by atoms with Gasteiger partial charge in [0.2, 0.25) is 0 Å². The lowest BCUT2D eigenvalue weighted by Gasteiger charge is -2.17. The number of hydrogen-bond donors (Lipinski definition) is 0. The molecule has 1 aromatic carbocycles. The zero-order valence-electron chi connectivity index (χ0n) is 13.1. The molecule has 0 amide bonds. The van der Waals surface area contributed by atoms with E-state index in [-0.39, 0.29) is 24.3 Å². The minimum absolute atomic E-state index is 0.0325. The fourth-order valence-corrected chi connectivity index (χ4v) is 1.65. The SMILES string of the molecule is CC(C)OC(=O)c1ccc(OC(C)C)cc1OC(C)C. The molecule has 0 aliphatic carbocycles. The molecule has 4 nitrogen and oxygen atoms in total. The molecule has 0 unspecified atom stereocenters. The van der Waals surface area contributed by atoms with E-state index in [1.54, 1.807) is 18.2 Å². The maximum atomic E-state index is 12.0. The van der Waals surface area contributed by atoms with Crippen molar-refractivity contribution in [2.45, 2.75) is 59.9 Å². The van der Waals surface area contributed by atoms with Gasteiger partial charge in [0.05, 0.1) is 18.3 Å². The van der Waals surface area contributed by atoms with Crippen molar-refractivity contribution in [1.29, 1.82) is 0 Å². The van der Waals surface area contributed by atoms with Crippen molar-refractivity contribution in [3.05, 3.63) is 23.8 Å². The van der Waals surface area contributed by atoms with E-state index in [0.717, 1.165) is 0 Å². The van der Waals surface area contributed by atoms with Crippen LogP contribution in [0, 0.1) is 0 Å². The van der Waals surface area contributed by atoms with Crippen LogP contribution in [-0.2, 0) is 4.74 Å². The summed E-state index contributed by atoms with van der Waals surface area (Å²) in [4.78, 5) is 12.0. The zero-order valence-corrected chi connectivity index (χ0v) is 13.1. The smallest absolute Gasteiger partial charge is 0.342 e. The molecule has 0 atom stereocenters. The maximum Gasteiger partial charge on any atom is 0.342 e. The van der Waals surface area contributed by atoms with E-state index >= 15 is 0 Å². The van der Waals surface area contributed by atoms with E-state index in [2.05, 4.69) is 0 Å². The molecule has 1 aromatic rings. The normalized spacial score (nSPS) is 11.1. The van der Waals surface area contributed by atoms with Gasteiger partial charge < -0.3 is 14.2 Å². The Morgan fingerprint density at radius 2 is 1.50 bits per heavy atom. The van der Waals surface area contributed by atoms with E-state index in [9.17, 15) is 4.79 Å². The predicted molar refractivity (Wildman–Crippen MR) is 78.5 cm³/mol. The average Bonchev–Trinajstić information content (AvgIpc) is 2.26. The Hall–Kier alpha value is -1.71. The summed E-state index contributed by atoms with van der Waals surface area (Å²) in [7, 11) is 0. The van der Waals surface area contributed by atoms with Gasteiger partial charge in [-0.05, 0) is 53.7 Å². The molecule has 0 aromatic heterocycles. The summed E-state index contributed by atoms with van der Waals surface area (Å²) < 4.78 is 16.5. The molecule has 0 saturated heterocycles. The van der Waals surface area contributed by atoms with Crippen LogP contribution in [0.25, 0.3) is 0 Å². The second kappa shape index (κ2) is 7.17. The van der Waals surface area contributed by atoms with Crippen molar-refractivity contribution in [3.63, 3.8) is 0 Å². The topological polar surface area (TPSA) is 44.8 Å². The number of hydrogen-bond acceptors (Lipinski definition) is 4. The van der Waals surface area contributed by atoms with Crippen LogP contribution < -0.4 is 9.47 Å². The Bertz CT molecular complexity index is 450. The quantitative estimate of drug-likeness (QED) is 0.743. The lowest BCUT2D eigenvalue weighted by atomic mass is 10.2. The standard InChI is InChI=1S/C16H24O4/c1-10(2)18-13-7-8-14(16(17)20-12(5)6)15(9-13)19-11(3)4/h7-12H,1-6H3. The molecule has 112 valence electrons. The van der Waals surface area contributed by atoms with E-state index in [1.807, 2.05) is 41.5 Å². The van der Waals surface area contributed by atoms with Gasteiger partial charge >= 0.3 is 5.97 Å². The summed E-state index contributed by atoms with van der Waals surface area (Å²) in [6.45, 7) is 11.4. The number of esters is 1. The maximum absolute atomic E-state index is 12.0. The highest BCUT2D eigenvalue weighted by Gasteiger charge is 2.17. The van der Waals surface area contributed by atoms with E-state index in [1.165, 1.54) is 0 Å². The van der Waals surface area contributed by atoms with Crippen LogP contribution in [0.2, 0.25) is 0 Å². The van der Waals surface area contributed by atoms with Gasteiger partial charge in [-0.2, -0.15) is 0 Å². The van der Waals surface area contributed by atoms with Gasteiger partial charge in [0.1, 0.15) is 17.1 Å². The third kappa shape index (κ3) is 5.11. The number of benzene rings is 1. The molecule has 1 rings (SSSR count). The third-order valence-electron chi connectivity index (χ3n) is 2.25. The fourth-order valence-electron chi connectivity index (χ4n) is 1.65. The van der Waals surface area contributed by atoms with Crippen molar-refractivity contribution >= 4 is 5.97 Å². The lowest BCUT2D eigenvalue weighted by molar-refractivity contribution is 0.0372. The molecule has 0 fully saturated rings. The van der Waals surface area contributed by atoms with Gasteiger partial charge in [0.25, 0.3) is 0 Å². The highest BCUT2D eigenvalue weighted by Crippen LogP contribution is 2.27. The number of rotatable bonds is 6. The van der Waals surface area contributed by atoms with Crippen LogP contribution >= 0.6 is 0 Å². The Balaban J connectivity index is 3.06. The molecule has 0 aliphatic rings. The Kier molecular flexibility index (Phi) is 5.86. The molecule has 0 aliphatic heterocycles. The van der Waals surface area contributed by atoms with Gasteiger partial charge in [-0.15, -0.1) is 0 Å². The van der Waals surface area contributed by atoms with Crippen molar-refractivity contribution < 1.29 is 19.0 Å². The van der Waals surface area contributed by atoms with E-state index in [4.69, 9.17) is 14.2 Å². The highest BCUT2D eigenvalue weighted by atomic mass is 16.5. The van der Waals surface area contributed by atoms with Crippen LogP contribution in [0.1, 0.15) is 51.9 Å². The van der Waals surface area contributed by atoms with Crippen LogP contribution in [-0.4, -0.2) is 24.3 Å². The Morgan fingerprint density at radius 3 is 2.00 bits per heavy atom. The van der Waals surface area contributed by atoms with Gasteiger partial charge in [0.15, 0.2) is 0 Å². The van der Waals surface area contributed by atoms with Gasteiger partial charge in [-0.25, -0.2) is 4.79 Å². The Morgan fingerprint density at radius 1 is 0.900 bits per heavy atom. The van der Waals surface area contributed by atoms with Crippen LogP contribution in [0.4, 0.5) is 0 Å². The second-order valence-electron chi connectivity index (χ2n) is 5.45. The first-order valence-corrected chi connectivity index (χ1v) is 6.98. The Labute approximate surface area is 121 Å². The van der Waals surface area contributed by atoms with Gasteiger partial charge in [-0.1, -0.05) is 0 Å². The number of ether oxygens (including phenoxy) is 3. The van der Waals surface area contributed by atoms with Crippen molar-refractivity contribution in [2.75, 3.05) is 0 Å². The van der Waals surface area contributed by atoms with E-state index in [0.29, 0.717) is 17.1 Å². The highest BCUT2D eigenvalue weighted by molar-refractivity contribution is 5.92. The molecular weight excluding hydrogens is 256 g/mol. The van der Waals surface area contributed by atoms with Crippen LogP contribution in [0.15, 0.2) is 18.2 Å². The molecular formula is C16H24O4. The molecule has 20 heavy (non-hydrogen) atoms. The van der Waals surface area contributed by atoms with Crippen molar-refractivity contribution in [2.24, 2.45) is 0 Å². The summed E-state index contributed by atoms with van der Waals surface area (Å²) in [6.07, 6.45) is -0.133. The molecule has 0 heterocycles. The molecule has 0 saturated carbocycles. The van der Waals surface area contributed by atoms with Gasteiger partial charge in [-0.3, -0.25) is 0 Å². The minimum atomic E-state index is -0.383. The first kappa shape index (κ1) is 16.3. The first-order chi connectivity index (χ1) is 9.29. The average molecular weight is 280 g/mol. The third-order valence-corrected chi connectivity index (χ3v) is 2.25. The van der Waals surface area contributed by atoms with Crippen molar-refractivity contribution in [3.8, 4) is 11.5 Å². The number of carbonyl (C=O) groups excluding carboxylic acids is 1. The zero-order chi connectivity index (χ0) is 15.3. The molecule has 0 radical (unpaired) electrons. The molecule has 4 heteroatoms. The summed E-state index contributed by atoms with van der Waals surface area (Å²) in [6, 6.07) is 5.17. The largest absolute Gasteiger partial charge is 0.491 e. The fraction of sp³-hybridized carbons (Fsp3) is 0.562. The van der Waals surface area contributed by atoms with Crippen LogP contribution in [0.3, 0.4) is 0 Å². The van der Waals surface area contributed by atoms with E-state index < -0.39 is 0 Å². The first-order valence-electron chi connectivity index (χ1n) is 6.98. The number of carbonyl (C=O) groups is 1. The van der Waals surface area contributed by atoms with Crippen molar-refractivity contribution in [1.82, 2.24) is 0 Å². The summed E-state index contributed by atoms with van der Waals surface area (Å²) in [5, 5.41) is 0. The molecule has 0 spiro atoms. The minimum Gasteiger partial charge on any atom is -0.491 e. The molecule has 0 bridgehead atoms. The summed E-state index contributed by atoms with van der Waals surface area (Å²) in [5.41, 5.74) is 0.420. The van der Waals surface area contributed by atoms with Crippen LogP contribution in [0.5, 0.6) is 11.5 Å². The monoisotopic (exact) mass is 280 g/mol. The summed E-state index contributed by atoms with van der Waals surface area (Å²) in [5.74, 6) is 0.785. The predicted octanol–water partition coefficient (Wildman–Crippen LogP) is 3.83. The summed E-state index contributed by atoms with van der Waals surface area (Å²) >= 11 is 0.